The largest absolute Gasteiger partial charge is 0.369 e. The fourth-order valence-corrected chi connectivity index (χ4v) is 1.51. The molecule has 0 saturated heterocycles. The summed E-state index contributed by atoms with van der Waals surface area (Å²) in [4.78, 5) is 16.7. The normalized spacial score (nSPS) is 10.1. The Kier molecular flexibility index (Phi) is 3.40. The van der Waals surface area contributed by atoms with Crippen molar-refractivity contribution in [2.45, 2.75) is 6.92 Å². The van der Waals surface area contributed by atoms with Gasteiger partial charge in [0.25, 0.3) is 0 Å². The van der Waals surface area contributed by atoms with Gasteiger partial charge in [-0.2, -0.15) is 0 Å². The molecule has 2 aromatic heterocycles. The first-order chi connectivity index (χ1) is 7.81. The van der Waals surface area contributed by atoms with E-state index in [1.807, 2.05) is 6.92 Å². The summed E-state index contributed by atoms with van der Waals surface area (Å²) in [5, 5.41) is 3.13. The lowest BCUT2D eigenvalue weighted by Crippen LogP contribution is -2.03. The molecule has 82 valence electrons. The monoisotopic (exact) mass is 279 g/mol. The maximum absolute atomic E-state index is 4.34. The minimum absolute atomic E-state index is 0.514. The van der Waals surface area contributed by atoms with Crippen LogP contribution in [0.25, 0.3) is 11.6 Å². The third-order valence-corrected chi connectivity index (χ3v) is 2.43. The van der Waals surface area contributed by atoms with E-state index in [0.29, 0.717) is 11.6 Å². The molecule has 0 radical (unpaired) electrons. The molecule has 2 rings (SSSR count). The third-order valence-electron chi connectivity index (χ3n) is 1.85. The number of nitrogens with zero attached hydrogens (tertiary/aromatic N) is 4. The standard InChI is InChI=1S/C10H10BrN5/c1-2-12-8-7(11)6-15-10(16-8)9-13-4-3-5-14-9/h3-6H,2H2,1H3,(H,12,15,16). The molecule has 0 amide bonds. The van der Waals surface area contributed by atoms with Gasteiger partial charge in [-0.1, -0.05) is 0 Å². The van der Waals surface area contributed by atoms with Crippen LogP contribution < -0.4 is 5.32 Å². The van der Waals surface area contributed by atoms with E-state index in [0.717, 1.165) is 16.8 Å². The highest BCUT2D eigenvalue weighted by Gasteiger charge is 2.07. The minimum atomic E-state index is 0.514. The quantitative estimate of drug-likeness (QED) is 0.933. The second kappa shape index (κ2) is 4.98. The summed E-state index contributed by atoms with van der Waals surface area (Å²) in [5.74, 6) is 1.79. The maximum atomic E-state index is 4.34. The number of anilines is 1. The molecule has 16 heavy (non-hydrogen) atoms. The van der Waals surface area contributed by atoms with Crippen LogP contribution in [0.2, 0.25) is 0 Å². The molecule has 0 aliphatic heterocycles. The van der Waals surface area contributed by atoms with Gasteiger partial charge in [-0.25, -0.2) is 19.9 Å². The topological polar surface area (TPSA) is 63.6 Å². The third kappa shape index (κ3) is 2.33. The number of nitrogens with one attached hydrogen (secondary N) is 1. The molecule has 1 N–H and O–H groups in total. The molecule has 0 spiro atoms. The van der Waals surface area contributed by atoms with E-state index in [-0.39, 0.29) is 0 Å². The zero-order valence-corrected chi connectivity index (χ0v) is 10.3. The molecular formula is C10H10BrN5. The van der Waals surface area contributed by atoms with Gasteiger partial charge in [0.2, 0.25) is 0 Å². The van der Waals surface area contributed by atoms with Gasteiger partial charge in [0.05, 0.1) is 4.47 Å². The van der Waals surface area contributed by atoms with Gasteiger partial charge < -0.3 is 5.32 Å². The minimum Gasteiger partial charge on any atom is -0.369 e. The fourth-order valence-electron chi connectivity index (χ4n) is 1.18. The second-order valence-corrected chi connectivity index (χ2v) is 3.85. The van der Waals surface area contributed by atoms with E-state index >= 15 is 0 Å². The Morgan fingerprint density at radius 3 is 2.62 bits per heavy atom. The molecule has 0 unspecified atom stereocenters. The number of hydrogen-bond donors (Lipinski definition) is 1. The Labute approximate surface area is 102 Å². The zero-order valence-electron chi connectivity index (χ0n) is 8.68. The van der Waals surface area contributed by atoms with Crippen molar-refractivity contribution >= 4 is 21.7 Å². The molecule has 5 nitrogen and oxygen atoms in total. The van der Waals surface area contributed by atoms with Crippen molar-refractivity contribution < 1.29 is 0 Å². The predicted octanol–water partition coefficient (Wildman–Crippen LogP) is 2.13. The van der Waals surface area contributed by atoms with Crippen molar-refractivity contribution in [3.63, 3.8) is 0 Å². The van der Waals surface area contributed by atoms with Gasteiger partial charge in [-0.3, -0.25) is 0 Å². The van der Waals surface area contributed by atoms with Gasteiger partial charge in [0, 0.05) is 25.1 Å². The second-order valence-electron chi connectivity index (χ2n) is 2.99. The van der Waals surface area contributed by atoms with E-state index in [9.17, 15) is 0 Å². The highest BCUT2D eigenvalue weighted by atomic mass is 79.9. The Morgan fingerprint density at radius 2 is 1.94 bits per heavy atom. The number of aromatic nitrogens is 4. The summed E-state index contributed by atoms with van der Waals surface area (Å²) in [5.41, 5.74) is 0. The summed E-state index contributed by atoms with van der Waals surface area (Å²) < 4.78 is 0.828. The highest BCUT2D eigenvalue weighted by molar-refractivity contribution is 9.10. The maximum Gasteiger partial charge on any atom is 0.199 e. The van der Waals surface area contributed by atoms with E-state index in [1.165, 1.54) is 0 Å². The van der Waals surface area contributed by atoms with Gasteiger partial charge in [-0.15, -0.1) is 0 Å². The highest BCUT2D eigenvalue weighted by Crippen LogP contribution is 2.20. The molecule has 6 heteroatoms. The molecule has 0 bridgehead atoms. The summed E-state index contributed by atoms with van der Waals surface area (Å²) in [7, 11) is 0. The average Bonchev–Trinajstić information content (AvgIpc) is 2.33. The van der Waals surface area contributed by atoms with Gasteiger partial charge in [0.1, 0.15) is 5.82 Å². The molecular weight excluding hydrogens is 270 g/mol. The van der Waals surface area contributed by atoms with E-state index in [4.69, 9.17) is 0 Å². The molecule has 0 aliphatic rings. The van der Waals surface area contributed by atoms with Crippen LogP contribution in [0, 0.1) is 0 Å². The summed E-state index contributed by atoms with van der Waals surface area (Å²) in [6.45, 7) is 2.80. The van der Waals surface area contributed by atoms with E-state index in [2.05, 4.69) is 41.2 Å². The first kappa shape index (κ1) is 10.9. The van der Waals surface area contributed by atoms with Crippen LogP contribution in [-0.4, -0.2) is 26.5 Å². The van der Waals surface area contributed by atoms with Gasteiger partial charge in [-0.05, 0) is 28.9 Å². The van der Waals surface area contributed by atoms with Crippen LogP contribution in [-0.2, 0) is 0 Å². The predicted molar refractivity (Wildman–Crippen MR) is 64.9 cm³/mol. The van der Waals surface area contributed by atoms with Crippen molar-refractivity contribution in [1.82, 2.24) is 19.9 Å². The van der Waals surface area contributed by atoms with Gasteiger partial charge >= 0.3 is 0 Å². The molecule has 0 aromatic carbocycles. The van der Waals surface area contributed by atoms with E-state index in [1.54, 1.807) is 24.7 Å². The van der Waals surface area contributed by atoms with Crippen molar-refractivity contribution in [1.29, 1.82) is 0 Å². The average molecular weight is 280 g/mol. The molecule has 0 atom stereocenters. The van der Waals surface area contributed by atoms with Crippen LogP contribution in [0.4, 0.5) is 5.82 Å². The van der Waals surface area contributed by atoms with Crippen LogP contribution in [0.3, 0.4) is 0 Å². The first-order valence-corrected chi connectivity index (χ1v) is 5.64. The Balaban J connectivity index is 2.40. The van der Waals surface area contributed by atoms with Crippen LogP contribution in [0.5, 0.6) is 0 Å². The van der Waals surface area contributed by atoms with Gasteiger partial charge in [0.15, 0.2) is 11.6 Å². The molecule has 0 aliphatic carbocycles. The number of halogens is 1. The lowest BCUT2D eigenvalue weighted by Gasteiger charge is -2.05. The number of hydrogen-bond acceptors (Lipinski definition) is 5. The Bertz CT molecular complexity index is 474. The lowest BCUT2D eigenvalue weighted by molar-refractivity contribution is 1.05. The molecule has 2 heterocycles. The molecule has 0 fully saturated rings. The Hall–Kier alpha value is -1.56. The molecule has 0 saturated carbocycles. The summed E-state index contributed by atoms with van der Waals surface area (Å²) >= 11 is 3.38. The fraction of sp³-hybridized carbons (Fsp3) is 0.200. The Morgan fingerprint density at radius 1 is 1.19 bits per heavy atom. The van der Waals surface area contributed by atoms with Crippen molar-refractivity contribution in [3.05, 3.63) is 29.1 Å². The smallest absolute Gasteiger partial charge is 0.199 e. The van der Waals surface area contributed by atoms with Crippen molar-refractivity contribution in [3.8, 4) is 11.6 Å². The van der Waals surface area contributed by atoms with Crippen molar-refractivity contribution in [2.24, 2.45) is 0 Å². The van der Waals surface area contributed by atoms with E-state index < -0.39 is 0 Å². The number of rotatable bonds is 3. The van der Waals surface area contributed by atoms with Crippen LogP contribution in [0.15, 0.2) is 29.1 Å². The zero-order chi connectivity index (χ0) is 11.4. The summed E-state index contributed by atoms with van der Waals surface area (Å²) in [6, 6.07) is 1.76. The van der Waals surface area contributed by atoms with Crippen LogP contribution in [0.1, 0.15) is 6.92 Å². The first-order valence-electron chi connectivity index (χ1n) is 4.85. The van der Waals surface area contributed by atoms with Crippen molar-refractivity contribution in [2.75, 3.05) is 11.9 Å². The molecule has 2 aromatic rings. The SMILES string of the molecule is CCNc1nc(-c2ncccn2)ncc1Br. The lowest BCUT2D eigenvalue weighted by atomic mass is 10.4. The van der Waals surface area contributed by atoms with Crippen LogP contribution >= 0.6 is 15.9 Å². The summed E-state index contributed by atoms with van der Waals surface area (Å²) in [6.07, 6.45) is 5.03.